The standard InChI is InChI=1S/C12H13NO/c14-12(10-6-2-1-3-7-10)13-11-8-4-5-9-11/h1-4,6-8,11H,5,9H2,(H,13,14). The molecule has 1 unspecified atom stereocenters. The van der Waals surface area contributed by atoms with Crippen LogP contribution >= 0.6 is 0 Å². The van der Waals surface area contributed by atoms with Crippen LogP contribution < -0.4 is 5.32 Å². The maximum Gasteiger partial charge on any atom is 0.251 e. The van der Waals surface area contributed by atoms with Crippen LogP contribution in [0.3, 0.4) is 0 Å². The zero-order chi connectivity index (χ0) is 9.80. The van der Waals surface area contributed by atoms with Crippen LogP contribution in [0.5, 0.6) is 0 Å². The van der Waals surface area contributed by atoms with Crippen LogP contribution in [0.2, 0.25) is 0 Å². The van der Waals surface area contributed by atoms with Crippen molar-refractivity contribution < 1.29 is 4.79 Å². The summed E-state index contributed by atoms with van der Waals surface area (Å²) >= 11 is 0. The van der Waals surface area contributed by atoms with Crippen molar-refractivity contribution in [3.05, 3.63) is 48.0 Å². The summed E-state index contributed by atoms with van der Waals surface area (Å²) in [6, 6.07) is 9.54. The molecule has 0 saturated carbocycles. The van der Waals surface area contributed by atoms with Crippen molar-refractivity contribution in [1.29, 1.82) is 0 Å². The van der Waals surface area contributed by atoms with Crippen LogP contribution in [-0.2, 0) is 0 Å². The van der Waals surface area contributed by atoms with Crippen molar-refractivity contribution in [2.45, 2.75) is 18.9 Å². The van der Waals surface area contributed by atoms with Gasteiger partial charge in [-0.25, -0.2) is 0 Å². The molecule has 1 aliphatic rings. The number of amides is 1. The highest BCUT2D eigenvalue weighted by Gasteiger charge is 2.12. The highest BCUT2D eigenvalue weighted by atomic mass is 16.1. The number of rotatable bonds is 2. The van der Waals surface area contributed by atoms with Gasteiger partial charge in [-0.05, 0) is 25.0 Å². The Balaban J connectivity index is 1.99. The van der Waals surface area contributed by atoms with E-state index < -0.39 is 0 Å². The van der Waals surface area contributed by atoms with Crippen LogP contribution in [0, 0.1) is 0 Å². The predicted molar refractivity (Wildman–Crippen MR) is 56.1 cm³/mol. The van der Waals surface area contributed by atoms with Crippen molar-refractivity contribution in [2.24, 2.45) is 0 Å². The lowest BCUT2D eigenvalue weighted by molar-refractivity contribution is 0.0944. The molecule has 2 nitrogen and oxygen atoms in total. The summed E-state index contributed by atoms with van der Waals surface area (Å²) in [5.74, 6) is 0.0159. The van der Waals surface area contributed by atoms with Gasteiger partial charge in [0.1, 0.15) is 0 Å². The number of nitrogens with one attached hydrogen (secondary N) is 1. The molecule has 1 aromatic carbocycles. The Hall–Kier alpha value is -1.57. The molecule has 1 aliphatic carbocycles. The van der Waals surface area contributed by atoms with E-state index in [-0.39, 0.29) is 11.9 Å². The van der Waals surface area contributed by atoms with Crippen molar-refractivity contribution in [3.63, 3.8) is 0 Å². The van der Waals surface area contributed by atoms with Gasteiger partial charge in [0.25, 0.3) is 5.91 Å². The molecule has 1 amide bonds. The molecule has 1 aromatic rings. The summed E-state index contributed by atoms with van der Waals surface area (Å²) < 4.78 is 0. The lowest BCUT2D eigenvalue weighted by Gasteiger charge is -2.10. The Morgan fingerprint density at radius 1 is 1.29 bits per heavy atom. The van der Waals surface area contributed by atoms with Crippen molar-refractivity contribution >= 4 is 5.91 Å². The molecule has 72 valence electrons. The second-order valence-electron chi connectivity index (χ2n) is 3.45. The van der Waals surface area contributed by atoms with Crippen molar-refractivity contribution in [3.8, 4) is 0 Å². The van der Waals surface area contributed by atoms with Crippen molar-refractivity contribution in [2.75, 3.05) is 0 Å². The van der Waals surface area contributed by atoms with Crippen LogP contribution in [0.1, 0.15) is 23.2 Å². The van der Waals surface area contributed by atoms with E-state index in [0.29, 0.717) is 0 Å². The van der Waals surface area contributed by atoms with Gasteiger partial charge in [0, 0.05) is 11.6 Å². The van der Waals surface area contributed by atoms with E-state index in [0.717, 1.165) is 18.4 Å². The minimum atomic E-state index is 0.0159. The number of allylic oxidation sites excluding steroid dienone is 1. The maximum atomic E-state index is 11.7. The first kappa shape index (κ1) is 9.00. The van der Waals surface area contributed by atoms with Gasteiger partial charge in [0.15, 0.2) is 0 Å². The topological polar surface area (TPSA) is 29.1 Å². The van der Waals surface area contributed by atoms with E-state index in [1.165, 1.54) is 0 Å². The van der Waals surface area contributed by atoms with Gasteiger partial charge in [0.05, 0.1) is 0 Å². The summed E-state index contributed by atoms with van der Waals surface area (Å²) in [6.07, 6.45) is 6.26. The van der Waals surface area contributed by atoms with Crippen LogP contribution in [0.25, 0.3) is 0 Å². The number of hydrogen-bond acceptors (Lipinski definition) is 1. The average Bonchev–Trinajstić information content (AvgIpc) is 2.72. The van der Waals surface area contributed by atoms with E-state index in [1.807, 2.05) is 30.3 Å². The summed E-state index contributed by atoms with van der Waals surface area (Å²) in [5, 5.41) is 2.97. The Bertz CT molecular complexity index is 343. The molecule has 0 spiro atoms. The van der Waals surface area contributed by atoms with E-state index in [2.05, 4.69) is 17.5 Å². The average molecular weight is 187 g/mol. The third-order valence-electron chi connectivity index (χ3n) is 2.37. The normalized spacial score (nSPS) is 19.6. The molecule has 2 rings (SSSR count). The first-order valence-corrected chi connectivity index (χ1v) is 4.89. The lowest BCUT2D eigenvalue weighted by Crippen LogP contribution is -2.31. The fourth-order valence-corrected chi connectivity index (χ4v) is 1.59. The van der Waals surface area contributed by atoms with E-state index >= 15 is 0 Å². The van der Waals surface area contributed by atoms with E-state index in [1.54, 1.807) is 0 Å². The number of benzene rings is 1. The molecule has 0 bridgehead atoms. The Kier molecular flexibility index (Phi) is 2.63. The molecular formula is C12H13NO. The predicted octanol–water partition coefficient (Wildman–Crippen LogP) is 2.13. The Morgan fingerprint density at radius 3 is 2.71 bits per heavy atom. The number of carbonyl (C=O) groups is 1. The summed E-state index contributed by atoms with van der Waals surface area (Å²) in [4.78, 5) is 11.7. The van der Waals surface area contributed by atoms with E-state index in [4.69, 9.17) is 0 Å². The molecule has 1 atom stereocenters. The van der Waals surface area contributed by atoms with Crippen LogP contribution in [0.4, 0.5) is 0 Å². The Labute approximate surface area is 83.6 Å². The van der Waals surface area contributed by atoms with Gasteiger partial charge in [-0.1, -0.05) is 30.4 Å². The van der Waals surface area contributed by atoms with E-state index in [9.17, 15) is 4.79 Å². The van der Waals surface area contributed by atoms with Gasteiger partial charge in [0.2, 0.25) is 0 Å². The third kappa shape index (κ3) is 2.02. The maximum absolute atomic E-state index is 11.7. The van der Waals surface area contributed by atoms with Crippen LogP contribution in [-0.4, -0.2) is 11.9 Å². The lowest BCUT2D eigenvalue weighted by atomic mass is 10.2. The molecular weight excluding hydrogens is 174 g/mol. The summed E-state index contributed by atoms with van der Waals surface area (Å²) in [7, 11) is 0. The summed E-state index contributed by atoms with van der Waals surface area (Å²) in [5.41, 5.74) is 0.729. The fraction of sp³-hybridized carbons (Fsp3) is 0.250. The quantitative estimate of drug-likeness (QED) is 0.706. The molecule has 14 heavy (non-hydrogen) atoms. The highest BCUT2D eigenvalue weighted by molar-refractivity contribution is 5.94. The van der Waals surface area contributed by atoms with Gasteiger partial charge in [-0.3, -0.25) is 4.79 Å². The Morgan fingerprint density at radius 2 is 2.07 bits per heavy atom. The van der Waals surface area contributed by atoms with Crippen molar-refractivity contribution in [1.82, 2.24) is 5.32 Å². The molecule has 2 heteroatoms. The molecule has 0 fully saturated rings. The summed E-state index contributed by atoms with van der Waals surface area (Å²) in [6.45, 7) is 0. The molecule has 0 radical (unpaired) electrons. The molecule has 0 aromatic heterocycles. The zero-order valence-electron chi connectivity index (χ0n) is 7.94. The monoisotopic (exact) mass is 187 g/mol. The second-order valence-corrected chi connectivity index (χ2v) is 3.45. The number of carbonyl (C=O) groups excluding carboxylic acids is 1. The van der Waals surface area contributed by atoms with Crippen LogP contribution in [0.15, 0.2) is 42.5 Å². The molecule has 0 aliphatic heterocycles. The third-order valence-corrected chi connectivity index (χ3v) is 2.37. The minimum Gasteiger partial charge on any atom is -0.346 e. The first-order valence-electron chi connectivity index (χ1n) is 4.89. The largest absolute Gasteiger partial charge is 0.346 e. The van der Waals surface area contributed by atoms with Gasteiger partial charge in [-0.15, -0.1) is 0 Å². The first-order chi connectivity index (χ1) is 6.86. The second kappa shape index (κ2) is 4.09. The van der Waals surface area contributed by atoms with Gasteiger partial charge >= 0.3 is 0 Å². The zero-order valence-corrected chi connectivity index (χ0v) is 7.94. The molecule has 0 saturated heterocycles. The highest BCUT2D eigenvalue weighted by Crippen LogP contribution is 2.09. The van der Waals surface area contributed by atoms with Gasteiger partial charge in [-0.2, -0.15) is 0 Å². The molecule has 1 N–H and O–H groups in total. The number of hydrogen-bond donors (Lipinski definition) is 1. The SMILES string of the molecule is O=C(NC1C=CCC1)c1ccccc1. The fourth-order valence-electron chi connectivity index (χ4n) is 1.59. The minimum absolute atomic E-state index is 0.0159. The molecule has 0 heterocycles. The smallest absolute Gasteiger partial charge is 0.251 e. The van der Waals surface area contributed by atoms with Gasteiger partial charge < -0.3 is 5.32 Å².